The highest BCUT2D eigenvalue weighted by Crippen LogP contribution is 2.42. The Morgan fingerprint density at radius 1 is 1.19 bits per heavy atom. The summed E-state index contributed by atoms with van der Waals surface area (Å²) in [5.74, 6) is -0.576. The highest BCUT2D eigenvalue weighted by Gasteiger charge is 2.34. The van der Waals surface area contributed by atoms with Crippen LogP contribution in [0.5, 0.6) is 5.88 Å². The molecule has 0 saturated heterocycles. The molecule has 0 fully saturated rings. The van der Waals surface area contributed by atoms with Crippen LogP contribution in [0.4, 0.5) is 13.2 Å². The molecule has 0 atom stereocenters. The van der Waals surface area contributed by atoms with Crippen molar-refractivity contribution >= 4 is 32.5 Å². The molecule has 1 N–H and O–H groups in total. The maximum atomic E-state index is 12.8. The number of aryl methyl sites for hydroxylation is 1. The Balaban J connectivity index is 2.30. The minimum absolute atomic E-state index is 0.170. The molecule has 1 aromatic heterocycles. The molecule has 3 rings (SSSR count). The Morgan fingerprint density at radius 3 is 2.44 bits per heavy atom. The molecular formula is C17H15F3N2O3S2. The molecule has 3 aromatic rings. The molecule has 0 aliphatic rings. The number of aromatic amines is 1. The summed E-state index contributed by atoms with van der Waals surface area (Å²) in [5, 5.41) is 6.38. The minimum Gasteiger partial charge on any atom is -0.386 e. The number of halogens is 3. The van der Waals surface area contributed by atoms with Gasteiger partial charge in [-0.05, 0) is 42.5 Å². The van der Waals surface area contributed by atoms with Crippen LogP contribution in [-0.2, 0) is 9.84 Å². The standard InChI is InChI=1S/C17H15F3N2O3S2/c1-9-8-10(4-7-13(9)27(3,23)24)14-12(26-2)6-5-11-15(14)16(22-21-11)25-17(18,19)20/h4-8H,1-3H3,(H,21,22). The van der Waals surface area contributed by atoms with Crippen molar-refractivity contribution in [1.29, 1.82) is 0 Å². The molecule has 10 heteroatoms. The molecule has 0 spiro atoms. The van der Waals surface area contributed by atoms with E-state index in [-0.39, 0.29) is 10.3 Å². The molecular weight excluding hydrogens is 401 g/mol. The number of fused-ring (bicyclic) bond motifs is 1. The fourth-order valence-corrected chi connectivity index (χ4v) is 4.51. The normalized spacial score (nSPS) is 12.5. The molecule has 0 saturated carbocycles. The molecule has 0 aliphatic carbocycles. The third kappa shape index (κ3) is 3.91. The Bertz CT molecular complexity index is 1120. The quantitative estimate of drug-likeness (QED) is 0.631. The predicted octanol–water partition coefficient (Wildman–Crippen LogP) is 4.56. The SMILES string of the molecule is CSc1ccc2[nH]nc(OC(F)(F)F)c2c1-c1ccc(S(C)(=O)=O)c(C)c1. The average molecular weight is 416 g/mol. The van der Waals surface area contributed by atoms with E-state index in [1.807, 2.05) is 0 Å². The van der Waals surface area contributed by atoms with Gasteiger partial charge < -0.3 is 4.74 Å². The van der Waals surface area contributed by atoms with Gasteiger partial charge in [0.2, 0.25) is 5.88 Å². The van der Waals surface area contributed by atoms with E-state index in [2.05, 4.69) is 14.9 Å². The summed E-state index contributed by atoms with van der Waals surface area (Å²) in [6, 6.07) is 8.04. The molecule has 0 radical (unpaired) electrons. The van der Waals surface area contributed by atoms with E-state index in [1.54, 1.807) is 37.4 Å². The molecule has 0 amide bonds. The highest BCUT2D eigenvalue weighted by molar-refractivity contribution is 7.98. The largest absolute Gasteiger partial charge is 0.574 e. The second-order valence-electron chi connectivity index (χ2n) is 5.89. The van der Waals surface area contributed by atoms with Gasteiger partial charge in [-0.25, -0.2) is 8.42 Å². The van der Waals surface area contributed by atoms with Gasteiger partial charge in [0.25, 0.3) is 0 Å². The van der Waals surface area contributed by atoms with Crippen molar-refractivity contribution in [2.45, 2.75) is 23.1 Å². The van der Waals surface area contributed by atoms with Gasteiger partial charge in [-0.1, -0.05) is 12.1 Å². The van der Waals surface area contributed by atoms with E-state index < -0.39 is 22.1 Å². The third-order valence-corrected chi connectivity index (χ3v) is 5.99. The van der Waals surface area contributed by atoms with Gasteiger partial charge >= 0.3 is 6.36 Å². The van der Waals surface area contributed by atoms with Crippen molar-refractivity contribution in [3.63, 3.8) is 0 Å². The van der Waals surface area contributed by atoms with E-state index in [9.17, 15) is 21.6 Å². The topological polar surface area (TPSA) is 72.0 Å². The van der Waals surface area contributed by atoms with E-state index in [0.717, 1.165) is 6.26 Å². The summed E-state index contributed by atoms with van der Waals surface area (Å²) in [6.45, 7) is 1.64. The number of hydrogen-bond donors (Lipinski definition) is 1. The third-order valence-electron chi connectivity index (χ3n) is 3.95. The van der Waals surface area contributed by atoms with Crippen molar-refractivity contribution in [2.24, 2.45) is 0 Å². The molecule has 5 nitrogen and oxygen atoms in total. The van der Waals surface area contributed by atoms with Gasteiger partial charge in [-0.3, -0.25) is 5.10 Å². The second kappa shape index (κ2) is 6.75. The first-order valence-corrected chi connectivity index (χ1v) is 10.7. The number of nitrogens with zero attached hydrogens (tertiary/aromatic N) is 1. The second-order valence-corrected chi connectivity index (χ2v) is 8.73. The van der Waals surface area contributed by atoms with E-state index in [1.165, 1.54) is 17.8 Å². The Labute approximate surface area is 157 Å². The first-order chi connectivity index (χ1) is 12.5. The highest BCUT2D eigenvalue weighted by atomic mass is 32.2. The zero-order valence-corrected chi connectivity index (χ0v) is 16.1. The van der Waals surface area contributed by atoms with Gasteiger partial charge in [0.1, 0.15) is 0 Å². The maximum Gasteiger partial charge on any atom is 0.574 e. The zero-order valence-electron chi connectivity index (χ0n) is 14.5. The number of alkyl halides is 3. The number of hydrogen-bond acceptors (Lipinski definition) is 5. The number of H-pyrrole nitrogens is 1. The monoisotopic (exact) mass is 416 g/mol. The van der Waals surface area contributed by atoms with Crippen LogP contribution in [0.15, 0.2) is 40.1 Å². The van der Waals surface area contributed by atoms with Crippen LogP contribution in [0.25, 0.3) is 22.0 Å². The molecule has 144 valence electrons. The summed E-state index contributed by atoms with van der Waals surface area (Å²) in [7, 11) is -3.41. The van der Waals surface area contributed by atoms with Crippen LogP contribution in [0, 0.1) is 6.92 Å². The van der Waals surface area contributed by atoms with E-state index in [0.29, 0.717) is 27.1 Å². The lowest BCUT2D eigenvalue weighted by Crippen LogP contribution is -2.17. The molecule has 0 aliphatic heterocycles. The number of benzene rings is 2. The van der Waals surface area contributed by atoms with Crippen LogP contribution in [0.1, 0.15) is 5.56 Å². The number of aromatic nitrogens is 2. The van der Waals surface area contributed by atoms with Crippen molar-refractivity contribution in [3.8, 4) is 17.0 Å². The van der Waals surface area contributed by atoms with E-state index >= 15 is 0 Å². The lowest BCUT2D eigenvalue weighted by Gasteiger charge is -2.13. The van der Waals surface area contributed by atoms with Gasteiger partial charge in [0.05, 0.1) is 15.8 Å². The number of rotatable bonds is 4. The van der Waals surface area contributed by atoms with E-state index in [4.69, 9.17) is 0 Å². The summed E-state index contributed by atoms with van der Waals surface area (Å²) < 4.78 is 66.1. The van der Waals surface area contributed by atoms with Gasteiger partial charge in [0.15, 0.2) is 9.84 Å². The van der Waals surface area contributed by atoms with Crippen LogP contribution < -0.4 is 4.74 Å². The number of nitrogens with one attached hydrogen (secondary N) is 1. The smallest absolute Gasteiger partial charge is 0.386 e. The number of ether oxygens (including phenoxy) is 1. The Kier molecular flexibility index (Phi) is 4.89. The van der Waals surface area contributed by atoms with Gasteiger partial charge in [-0.15, -0.1) is 30.0 Å². The van der Waals surface area contributed by atoms with Crippen molar-refractivity contribution < 1.29 is 26.3 Å². The Hall–Kier alpha value is -2.20. The fourth-order valence-electron chi connectivity index (χ4n) is 2.93. The average Bonchev–Trinajstić information content (AvgIpc) is 2.93. The summed E-state index contributed by atoms with van der Waals surface area (Å²) >= 11 is 1.35. The molecule has 1 heterocycles. The summed E-state index contributed by atoms with van der Waals surface area (Å²) in [4.78, 5) is 0.880. The Morgan fingerprint density at radius 2 is 1.89 bits per heavy atom. The molecule has 27 heavy (non-hydrogen) atoms. The lowest BCUT2D eigenvalue weighted by atomic mass is 10.00. The van der Waals surface area contributed by atoms with Gasteiger partial charge in [0, 0.05) is 16.7 Å². The van der Waals surface area contributed by atoms with Gasteiger partial charge in [-0.2, -0.15) is 0 Å². The van der Waals surface area contributed by atoms with Crippen LogP contribution in [0.3, 0.4) is 0 Å². The zero-order chi connectivity index (χ0) is 20.0. The first-order valence-electron chi connectivity index (χ1n) is 7.63. The van der Waals surface area contributed by atoms with Crippen LogP contribution in [0.2, 0.25) is 0 Å². The van der Waals surface area contributed by atoms with Crippen LogP contribution in [-0.4, -0.2) is 37.5 Å². The fraction of sp³-hybridized carbons (Fsp3) is 0.235. The summed E-state index contributed by atoms with van der Waals surface area (Å²) in [5.41, 5.74) is 1.95. The molecule has 0 unspecified atom stereocenters. The lowest BCUT2D eigenvalue weighted by molar-refractivity contribution is -0.275. The first kappa shape index (κ1) is 19.6. The predicted molar refractivity (Wildman–Crippen MR) is 97.8 cm³/mol. The van der Waals surface area contributed by atoms with Crippen LogP contribution >= 0.6 is 11.8 Å². The molecule has 2 aromatic carbocycles. The number of thioether (sulfide) groups is 1. The van der Waals surface area contributed by atoms with Crippen molar-refractivity contribution in [2.75, 3.05) is 12.5 Å². The maximum absolute atomic E-state index is 12.8. The van der Waals surface area contributed by atoms with Crippen molar-refractivity contribution in [3.05, 3.63) is 35.9 Å². The minimum atomic E-state index is -4.88. The summed E-state index contributed by atoms with van der Waals surface area (Å²) in [6.07, 6.45) is -1.98. The van der Waals surface area contributed by atoms with Crippen molar-refractivity contribution in [1.82, 2.24) is 10.2 Å². The number of sulfone groups is 1. The molecule has 0 bridgehead atoms.